The van der Waals surface area contributed by atoms with Crippen molar-refractivity contribution in [2.24, 2.45) is 0 Å². The Morgan fingerprint density at radius 2 is 2.33 bits per heavy atom. The lowest BCUT2D eigenvalue weighted by molar-refractivity contribution is -0.140. The fourth-order valence-electron chi connectivity index (χ4n) is 1.98. The zero-order chi connectivity index (χ0) is 11.1. The van der Waals surface area contributed by atoms with Crippen LogP contribution in [0.1, 0.15) is 32.1 Å². The Morgan fingerprint density at radius 3 is 2.93 bits per heavy atom. The Labute approximate surface area is 96.3 Å². The van der Waals surface area contributed by atoms with E-state index in [2.05, 4.69) is 16.3 Å². The number of thioether (sulfide) groups is 1. The van der Waals surface area contributed by atoms with E-state index in [0.717, 1.165) is 18.2 Å². The van der Waals surface area contributed by atoms with Crippen LogP contribution in [-0.4, -0.2) is 37.2 Å². The first kappa shape index (κ1) is 12.8. The maximum atomic E-state index is 10.9. The molecule has 2 unspecified atom stereocenters. The van der Waals surface area contributed by atoms with Gasteiger partial charge in [-0.15, -0.1) is 0 Å². The fourth-order valence-corrected chi connectivity index (χ4v) is 2.78. The second-order valence-corrected chi connectivity index (χ2v) is 5.14. The first-order valence-electron chi connectivity index (χ1n) is 5.59. The average Bonchev–Trinajstić information content (AvgIpc) is 2.72. The summed E-state index contributed by atoms with van der Waals surface area (Å²) in [6, 6.07) is 0.667. The quantitative estimate of drug-likeness (QED) is 0.559. The first-order chi connectivity index (χ1) is 7.26. The summed E-state index contributed by atoms with van der Waals surface area (Å²) >= 11 is 1.97. The third-order valence-electron chi connectivity index (χ3n) is 2.94. The summed E-state index contributed by atoms with van der Waals surface area (Å²) in [6.45, 7) is 0.931. The number of hydrogen-bond acceptors (Lipinski definition) is 4. The molecule has 0 aliphatic heterocycles. The van der Waals surface area contributed by atoms with Gasteiger partial charge in [-0.1, -0.05) is 0 Å². The Kier molecular flexibility index (Phi) is 6.10. The molecule has 0 radical (unpaired) electrons. The van der Waals surface area contributed by atoms with E-state index in [0.29, 0.717) is 12.5 Å². The normalized spacial score (nSPS) is 25.5. The molecule has 0 spiro atoms. The topological polar surface area (TPSA) is 38.3 Å². The highest BCUT2D eigenvalue weighted by Crippen LogP contribution is 2.27. The van der Waals surface area contributed by atoms with Crippen molar-refractivity contribution in [3.63, 3.8) is 0 Å². The van der Waals surface area contributed by atoms with Crippen molar-refractivity contribution in [1.82, 2.24) is 5.32 Å². The van der Waals surface area contributed by atoms with Crippen molar-refractivity contribution >= 4 is 17.7 Å². The van der Waals surface area contributed by atoms with Gasteiger partial charge in [-0.3, -0.25) is 4.79 Å². The predicted molar refractivity (Wildman–Crippen MR) is 64.2 cm³/mol. The summed E-state index contributed by atoms with van der Waals surface area (Å²) in [6.07, 6.45) is 7.48. The van der Waals surface area contributed by atoms with Gasteiger partial charge < -0.3 is 10.1 Å². The zero-order valence-corrected chi connectivity index (χ0v) is 10.4. The van der Waals surface area contributed by atoms with Crippen LogP contribution in [0.25, 0.3) is 0 Å². The van der Waals surface area contributed by atoms with Crippen molar-refractivity contribution in [1.29, 1.82) is 0 Å². The van der Waals surface area contributed by atoms with Crippen LogP contribution >= 0.6 is 11.8 Å². The molecular formula is C11H21NO2S. The average molecular weight is 231 g/mol. The zero-order valence-electron chi connectivity index (χ0n) is 9.62. The van der Waals surface area contributed by atoms with Crippen LogP contribution in [-0.2, 0) is 9.53 Å². The second kappa shape index (κ2) is 7.12. The van der Waals surface area contributed by atoms with E-state index in [4.69, 9.17) is 0 Å². The molecule has 0 aromatic heterocycles. The van der Waals surface area contributed by atoms with Crippen molar-refractivity contribution < 1.29 is 9.53 Å². The molecule has 0 saturated heterocycles. The monoisotopic (exact) mass is 231 g/mol. The maximum absolute atomic E-state index is 10.9. The maximum Gasteiger partial charge on any atom is 0.305 e. The summed E-state index contributed by atoms with van der Waals surface area (Å²) in [5, 5.41) is 4.34. The van der Waals surface area contributed by atoms with E-state index in [1.165, 1.54) is 26.4 Å². The smallest absolute Gasteiger partial charge is 0.305 e. The summed E-state index contributed by atoms with van der Waals surface area (Å²) in [7, 11) is 1.44. The van der Waals surface area contributed by atoms with Gasteiger partial charge in [0.25, 0.3) is 0 Å². The number of nitrogens with one attached hydrogen (secondary N) is 1. The van der Waals surface area contributed by atoms with Gasteiger partial charge in [0.2, 0.25) is 0 Å². The molecule has 1 aliphatic rings. The first-order valence-corrected chi connectivity index (χ1v) is 6.88. The van der Waals surface area contributed by atoms with E-state index in [1.54, 1.807) is 0 Å². The van der Waals surface area contributed by atoms with Gasteiger partial charge in [0.15, 0.2) is 0 Å². The van der Waals surface area contributed by atoms with Crippen molar-refractivity contribution in [2.45, 2.75) is 43.4 Å². The van der Waals surface area contributed by atoms with E-state index >= 15 is 0 Å². The number of hydrogen-bond donors (Lipinski definition) is 1. The summed E-state index contributed by atoms with van der Waals surface area (Å²) < 4.78 is 4.59. The highest BCUT2D eigenvalue weighted by Gasteiger charge is 2.22. The molecule has 4 heteroatoms. The van der Waals surface area contributed by atoms with E-state index in [9.17, 15) is 4.79 Å². The highest BCUT2D eigenvalue weighted by atomic mass is 32.2. The van der Waals surface area contributed by atoms with Crippen molar-refractivity contribution in [3.05, 3.63) is 0 Å². The molecule has 1 N–H and O–H groups in total. The van der Waals surface area contributed by atoms with Crippen LogP contribution in [0.5, 0.6) is 0 Å². The molecule has 0 bridgehead atoms. The molecule has 0 aromatic rings. The Hall–Kier alpha value is -0.220. The molecule has 0 amide bonds. The number of carbonyl (C=O) groups excluding carboxylic acids is 1. The van der Waals surface area contributed by atoms with E-state index in [-0.39, 0.29) is 5.97 Å². The van der Waals surface area contributed by atoms with Gasteiger partial charge in [-0.25, -0.2) is 0 Å². The SMILES string of the molecule is COC(=O)CCCNC1CCC(SC)C1. The third-order valence-corrected chi connectivity index (χ3v) is 4.03. The number of esters is 1. The molecule has 1 fully saturated rings. The largest absolute Gasteiger partial charge is 0.469 e. The minimum atomic E-state index is -0.106. The van der Waals surface area contributed by atoms with E-state index < -0.39 is 0 Å². The summed E-state index contributed by atoms with van der Waals surface area (Å²) in [5.41, 5.74) is 0. The van der Waals surface area contributed by atoms with Crippen LogP contribution in [0, 0.1) is 0 Å². The Bertz CT molecular complexity index is 199. The number of ether oxygens (including phenoxy) is 1. The van der Waals surface area contributed by atoms with Gasteiger partial charge in [-0.2, -0.15) is 11.8 Å². The molecule has 3 nitrogen and oxygen atoms in total. The molecule has 1 aliphatic carbocycles. The van der Waals surface area contributed by atoms with Crippen LogP contribution in [0.15, 0.2) is 0 Å². The molecule has 2 atom stereocenters. The number of carbonyl (C=O) groups is 1. The predicted octanol–water partition coefficient (Wildman–Crippen LogP) is 1.81. The minimum Gasteiger partial charge on any atom is -0.469 e. The Morgan fingerprint density at radius 1 is 1.53 bits per heavy atom. The standard InChI is InChI=1S/C11H21NO2S/c1-14-11(13)4-3-7-12-9-5-6-10(8-9)15-2/h9-10,12H,3-8H2,1-2H3. The van der Waals surface area contributed by atoms with Gasteiger partial charge in [-0.05, 0) is 38.5 Å². The van der Waals surface area contributed by atoms with Gasteiger partial charge in [0.1, 0.15) is 0 Å². The fraction of sp³-hybridized carbons (Fsp3) is 0.909. The highest BCUT2D eigenvalue weighted by molar-refractivity contribution is 7.99. The molecule has 1 rings (SSSR count). The van der Waals surface area contributed by atoms with E-state index in [1.807, 2.05) is 11.8 Å². The van der Waals surface area contributed by atoms with Crippen molar-refractivity contribution in [3.8, 4) is 0 Å². The minimum absolute atomic E-state index is 0.106. The summed E-state index contributed by atoms with van der Waals surface area (Å²) in [5.74, 6) is -0.106. The molecular weight excluding hydrogens is 210 g/mol. The van der Waals surface area contributed by atoms with Crippen LogP contribution in [0.4, 0.5) is 0 Å². The van der Waals surface area contributed by atoms with Gasteiger partial charge in [0.05, 0.1) is 7.11 Å². The van der Waals surface area contributed by atoms with Gasteiger partial charge >= 0.3 is 5.97 Å². The van der Waals surface area contributed by atoms with Gasteiger partial charge in [0, 0.05) is 17.7 Å². The summed E-state index contributed by atoms with van der Waals surface area (Å²) in [4.78, 5) is 10.9. The lowest BCUT2D eigenvalue weighted by atomic mass is 10.2. The van der Waals surface area contributed by atoms with Crippen LogP contribution in [0.2, 0.25) is 0 Å². The molecule has 15 heavy (non-hydrogen) atoms. The molecule has 1 saturated carbocycles. The molecule has 0 aromatic carbocycles. The lowest BCUT2D eigenvalue weighted by Gasteiger charge is -2.11. The number of methoxy groups -OCH3 is 1. The van der Waals surface area contributed by atoms with Crippen molar-refractivity contribution in [2.75, 3.05) is 19.9 Å². The third kappa shape index (κ3) is 4.89. The second-order valence-electron chi connectivity index (χ2n) is 4.00. The molecule has 0 heterocycles. The lowest BCUT2D eigenvalue weighted by Crippen LogP contribution is -2.28. The number of rotatable bonds is 6. The van der Waals surface area contributed by atoms with Crippen LogP contribution in [0.3, 0.4) is 0 Å². The van der Waals surface area contributed by atoms with Crippen LogP contribution < -0.4 is 5.32 Å². The molecule has 88 valence electrons. The Balaban J connectivity index is 1.99.